The van der Waals surface area contributed by atoms with Crippen molar-refractivity contribution in [1.29, 1.82) is 0 Å². The maximum Gasteiger partial charge on any atom is 0.270 e. The van der Waals surface area contributed by atoms with Gasteiger partial charge in [-0.05, 0) is 30.3 Å². The molecule has 2 aromatic rings. The molecule has 1 aliphatic heterocycles. The monoisotopic (exact) mass is 417 g/mol. The zero-order chi connectivity index (χ0) is 19.4. The van der Waals surface area contributed by atoms with Crippen molar-refractivity contribution in [2.24, 2.45) is 0 Å². The summed E-state index contributed by atoms with van der Waals surface area (Å²) >= 11 is 12.8. The van der Waals surface area contributed by atoms with Crippen LogP contribution in [0.3, 0.4) is 0 Å². The molecule has 0 atom stereocenters. The quantitative estimate of drug-likeness (QED) is 0.361. The molecule has 0 aromatic heterocycles. The van der Waals surface area contributed by atoms with Gasteiger partial charge in [0.15, 0.2) is 4.32 Å². The Bertz CT molecular complexity index is 943. The van der Waals surface area contributed by atoms with Crippen LogP contribution in [0.4, 0.5) is 5.69 Å². The molecule has 1 aliphatic rings. The molecule has 3 rings (SSSR count). The fourth-order valence-corrected chi connectivity index (χ4v) is 4.05. The molecule has 0 unspecified atom stereocenters. The number of rotatable bonds is 6. The Labute approximate surface area is 172 Å². The summed E-state index contributed by atoms with van der Waals surface area (Å²) in [6.07, 6.45) is 3.45. The molecule has 7 heteroatoms. The molecule has 1 heterocycles. The van der Waals surface area contributed by atoms with Crippen LogP contribution < -0.4 is 14.4 Å². The van der Waals surface area contributed by atoms with Gasteiger partial charge in [0.25, 0.3) is 5.91 Å². The van der Waals surface area contributed by atoms with Gasteiger partial charge in [0.05, 0.1) is 22.7 Å². The van der Waals surface area contributed by atoms with E-state index >= 15 is 0 Å². The van der Waals surface area contributed by atoms with Crippen LogP contribution >= 0.6 is 35.6 Å². The molecule has 0 bridgehead atoms. The fraction of sp³-hybridized carbons (Fsp3) is 0.100. The van der Waals surface area contributed by atoms with Crippen LogP contribution in [0.15, 0.2) is 60.0 Å². The Morgan fingerprint density at radius 2 is 2.04 bits per heavy atom. The number of carbonyl (C=O) groups is 1. The molecule has 0 saturated carbocycles. The average molecular weight is 418 g/mol. The lowest BCUT2D eigenvalue weighted by Crippen LogP contribution is -2.27. The normalized spacial score (nSPS) is 15.3. The van der Waals surface area contributed by atoms with Crippen LogP contribution in [0.5, 0.6) is 11.5 Å². The molecule has 4 nitrogen and oxygen atoms in total. The highest BCUT2D eigenvalue weighted by molar-refractivity contribution is 8.27. The van der Waals surface area contributed by atoms with E-state index in [1.54, 1.807) is 30.4 Å². The Hall–Kier alpha value is -2.28. The highest BCUT2D eigenvalue weighted by atomic mass is 35.5. The SMILES string of the molecule is C=CCOc1ccccc1/C=C1\SC(=S)N(c2ccc(OC)c(Cl)c2)C1=O. The van der Waals surface area contributed by atoms with E-state index in [0.717, 1.165) is 5.56 Å². The predicted octanol–water partition coefficient (Wildman–Crippen LogP) is 5.32. The third-order valence-corrected chi connectivity index (χ3v) is 5.35. The van der Waals surface area contributed by atoms with E-state index in [1.165, 1.54) is 23.8 Å². The minimum absolute atomic E-state index is 0.204. The topological polar surface area (TPSA) is 38.8 Å². The number of methoxy groups -OCH3 is 1. The molecule has 0 N–H and O–H groups in total. The van der Waals surface area contributed by atoms with Crippen molar-refractivity contribution in [1.82, 2.24) is 0 Å². The molecule has 2 aromatic carbocycles. The third kappa shape index (κ3) is 4.18. The molecule has 1 amide bonds. The summed E-state index contributed by atoms with van der Waals surface area (Å²) in [6, 6.07) is 12.6. The summed E-state index contributed by atoms with van der Waals surface area (Å²) in [5.41, 5.74) is 1.40. The van der Waals surface area contributed by atoms with E-state index in [1.807, 2.05) is 24.3 Å². The highest BCUT2D eigenvalue weighted by Gasteiger charge is 2.33. The van der Waals surface area contributed by atoms with E-state index in [9.17, 15) is 4.79 Å². The summed E-state index contributed by atoms with van der Waals surface area (Å²) in [4.78, 5) is 14.9. The Kier molecular flexibility index (Phi) is 6.21. The van der Waals surface area contributed by atoms with Gasteiger partial charge in [-0.1, -0.05) is 66.4 Å². The number of para-hydroxylation sites is 1. The number of hydrogen-bond acceptors (Lipinski definition) is 5. The first-order valence-corrected chi connectivity index (χ1v) is 9.59. The summed E-state index contributed by atoms with van der Waals surface area (Å²) < 4.78 is 11.2. The summed E-state index contributed by atoms with van der Waals surface area (Å²) in [5.74, 6) is 1.01. The largest absolute Gasteiger partial charge is 0.495 e. The van der Waals surface area contributed by atoms with Gasteiger partial charge in [-0.2, -0.15) is 0 Å². The Morgan fingerprint density at radius 1 is 1.26 bits per heavy atom. The van der Waals surface area contributed by atoms with Crippen LogP contribution in [-0.4, -0.2) is 23.9 Å². The van der Waals surface area contributed by atoms with Gasteiger partial charge >= 0.3 is 0 Å². The van der Waals surface area contributed by atoms with Crippen LogP contribution in [0, 0.1) is 0 Å². The Balaban J connectivity index is 1.91. The van der Waals surface area contributed by atoms with Gasteiger partial charge in [0, 0.05) is 5.56 Å². The summed E-state index contributed by atoms with van der Waals surface area (Å²) in [7, 11) is 1.54. The molecule has 0 spiro atoms. The number of benzene rings is 2. The lowest BCUT2D eigenvalue weighted by molar-refractivity contribution is -0.113. The van der Waals surface area contributed by atoms with Crippen molar-refractivity contribution in [2.75, 3.05) is 18.6 Å². The lowest BCUT2D eigenvalue weighted by Gasteiger charge is -2.15. The van der Waals surface area contributed by atoms with E-state index < -0.39 is 0 Å². The second kappa shape index (κ2) is 8.61. The van der Waals surface area contributed by atoms with Crippen LogP contribution in [0.25, 0.3) is 6.08 Å². The van der Waals surface area contributed by atoms with E-state index in [-0.39, 0.29) is 5.91 Å². The molecule has 27 heavy (non-hydrogen) atoms. The van der Waals surface area contributed by atoms with Gasteiger partial charge in [0.1, 0.15) is 18.1 Å². The number of anilines is 1. The maximum absolute atomic E-state index is 12.9. The number of hydrogen-bond donors (Lipinski definition) is 0. The van der Waals surface area contributed by atoms with Crippen molar-refractivity contribution in [2.45, 2.75) is 0 Å². The number of amides is 1. The number of ether oxygens (including phenoxy) is 2. The fourth-order valence-electron chi connectivity index (χ4n) is 2.51. The second-order valence-corrected chi connectivity index (χ2v) is 7.56. The maximum atomic E-state index is 12.9. The first-order chi connectivity index (χ1) is 13.0. The van der Waals surface area contributed by atoms with Gasteiger partial charge in [-0.25, -0.2) is 0 Å². The molecular formula is C20H16ClNO3S2. The average Bonchev–Trinajstić information content (AvgIpc) is 2.94. The standard InChI is InChI=1S/C20H16ClNO3S2/c1-3-10-25-16-7-5-4-6-13(16)11-18-19(23)22(20(26)27-18)14-8-9-17(24-2)15(21)12-14/h3-9,11-12H,1,10H2,2H3/b18-11-. The number of halogens is 1. The van der Waals surface area contributed by atoms with Crippen LogP contribution in [0.1, 0.15) is 5.56 Å². The van der Waals surface area contributed by atoms with E-state index in [2.05, 4.69) is 6.58 Å². The van der Waals surface area contributed by atoms with Crippen molar-refractivity contribution in [3.8, 4) is 11.5 Å². The summed E-state index contributed by atoms with van der Waals surface area (Å²) in [6.45, 7) is 4.04. The van der Waals surface area contributed by atoms with Gasteiger partial charge in [0.2, 0.25) is 0 Å². The van der Waals surface area contributed by atoms with Gasteiger partial charge in [-0.15, -0.1) is 0 Å². The number of thiocarbonyl (C=S) groups is 1. The van der Waals surface area contributed by atoms with E-state index in [0.29, 0.717) is 38.0 Å². The van der Waals surface area contributed by atoms with Crippen molar-refractivity contribution < 1.29 is 14.3 Å². The zero-order valence-electron chi connectivity index (χ0n) is 14.5. The van der Waals surface area contributed by atoms with Crippen molar-refractivity contribution in [3.05, 3.63) is 70.6 Å². The first-order valence-electron chi connectivity index (χ1n) is 7.99. The van der Waals surface area contributed by atoms with E-state index in [4.69, 9.17) is 33.3 Å². The minimum Gasteiger partial charge on any atom is -0.495 e. The number of thioether (sulfide) groups is 1. The first kappa shape index (κ1) is 19.5. The van der Waals surface area contributed by atoms with Gasteiger partial charge < -0.3 is 9.47 Å². The minimum atomic E-state index is -0.204. The molecule has 1 fully saturated rings. The van der Waals surface area contributed by atoms with Gasteiger partial charge in [-0.3, -0.25) is 9.69 Å². The van der Waals surface area contributed by atoms with Crippen molar-refractivity contribution >= 4 is 57.6 Å². The second-order valence-electron chi connectivity index (χ2n) is 5.47. The lowest BCUT2D eigenvalue weighted by atomic mass is 10.2. The Morgan fingerprint density at radius 3 is 2.74 bits per heavy atom. The van der Waals surface area contributed by atoms with Crippen LogP contribution in [0.2, 0.25) is 5.02 Å². The van der Waals surface area contributed by atoms with Crippen molar-refractivity contribution in [3.63, 3.8) is 0 Å². The number of carbonyl (C=O) groups excluding carboxylic acids is 1. The molecule has 1 saturated heterocycles. The molecule has 0 aliphatic carbocycles. The zero-order valence-corrected chi connectivity index (χ0v) is 16.9. The molecule has 0 radical (unpaired) electrons. The van der Waals surface area contributed by atoms with Crippen LogP contribution in [-0.2, 0) is 4.79 Å². The molecule has 138 valence electrons. The molecular weight excluding hydrogens is 402 g/mol. The summed E-state index contributed by atoms with van der Waals surface area (Å²) in [5, 5.41) is 0.413. The highest BCUT2D eigenvalue weighted by Crippen LogP contribution is 2.39. The third-order valence-electron chi connectivity index (χ3n) is 3.75. The predicted molar refractivity (Wildman–Crippen MR) is 116 cm³/mol. The smallest absolute Gasteiger partial charge is 0.270 e. The number of nitrogens with zero attached hydrogens (tertiary/aromatic N) is 1.